The lowest BCUT2D eigenvalue weighted by Gasteiger charge is -2.08. The van der Waals surface area contributed by atoms with Crippen LogP contribution in [-0.4, -0.2) is 39.3 Å². The largest absolute Gasteiger partial charge is 0.495 e. The Morgan fingerprint density at radius 2 is 1.91 bits per heavy atom. The topological polar surface area (TPSA) is 97.6 Å². The monoisotopic (exact) mass is 485 g/mol. The summed E-state index contributed by atoms with van der Waals surface area (Å²) in [6.07, 6.45) is 1.56. The quantitative estimate of drug-likeness (QED) is 0.374. The number of hydrogen-bond donors (Lipinski definition) is 2. The molecule has 0 bridgehead atoms. The lowest BCUT2D eigenvalue weighted by molar-refractivity contribution is -0.113. The van der Waals surface area contributed by atoms with Crippen LogP contribution in [-0.2, 0) is 4.79 Å². The normalized spacial score (nSPS) is 10.8. The fourth-order valence-corrected chi connectivity index (χ4v) is 3.92. The van der Waals surface area contributed by atoms with Gasteiger partial charge in [0.2, 0.25) is 5.91 Å². The standard InChI is InChI=1S/C22H17ClFN5O3S/c1-32-18-7-6-16(10-17(18)23)25-20(30)12-33-22-28-27-19-8-5-13(11-29(19)22)21(31)26-15-4-2-3-14(24)9-15/h2-11H,12H2,1H3,(H,25,30)(H,26,31). The van der Waals surface area contributed by atoms with Gasteiger partial charge in [-0.05, 0) is 48.5 Å². The summed E-state index contributed by atoms with van der Waals surface area (Å²) >= 11 is 7.24. The maximum atomic E-state index is 13.4. The number of fused-ring (bicyclic) bond motifs is 1. The van der Waals surface area contributed by atoms with Gasteiger partial charge in [-0.15, -0.1) is 10.2 Å². The number of ether oxygens (including phenoxy) is 1. The molecule has 0 saturated carbocycles. The van der Waals surface area contributed by atoms with Gasteiger partial charge in [-0.3, -0.25) is 14.0 Å². The van der Waals surface area contributed by atoms with E-state index in [9.17, 15) is 14.0 Å². The van der Waals surface area contributed by atoms with Gasteiger partial charge in [0.05, 0.1) is 23.4 Å². The Kier molecular flexibility index (Phi) is 6.76. The van der Waals surface area contributed by atoms with Crippen molar-refractivity contribution in [2.45, 2.75) is 5.16 Å². The molecule has 2 heterocycles. The number of anilines is 2. The average molecular weight is 486 g/mol. The van der Waals surface area contributed by atoms with Gasteiger partial charge in [-0.2, -0.15) is 0 Å². The summed E-state index contributed by atoms with van der Waals surface area (Å²) in [6, 6.07) is 13.8. The molecule has 0 aliphatic carbocycles. The summed E-state index contributed by atoms with van der Waals surface area (Å²) in [7, 11) is 1.51. The van der Waals surface area contributed by atoms with Crippen molar-refractivity contribution in [3.8, 4) is 5.75 Å². The molecule has 4 rings (SSSR count). The van der Waals surface area contributed by atoms with Crippen molar-refractivity contribution in [1.29, 1.82) is 0 Å². The number of carbonyl (C=O) groups excluding carboxylic acids is 2. The van der Waals surface area contributed by atoms with Crippen LogP contribution in [0.4, 0.5) is 15.8 Å². The maximum absolute atomic E-state index is 13.4. The van der Waals surface area contributed by atoms with Gasteiger partial charge in [0.25, 0.3) is 5.91 Å². The van der Waals surface area contributed by atoms with Crippen LogP contribution in [0.3, 0.4) is 0 Å². The molecule has 11 heteroatoms. The van der Waals surface area contributed by atoms with Crippen molar-refractivity contribution in [1.82, 2.24) is 14.6 Å². The predicted octanol–water partition coefficient (Wildman–Crippen LogP) is 4.51. The molecule has 168 valence electrons. The van der Waals surface area contributed by atoms with E-state index in [2.05, 4.69) is 20.8 Å². The highest BCUT2D eigenvalue weighted by Crippen LogP contribution is 2.27. The third-order valence-corrected chi connectivity index (χ3v) is 5.72. The minimum atomic E-state index is -0.448. The van der Waals surface area contributed by atoms with Crippen LogP contribution in [0.5, 0.6) is 5.75 Å². The second-order valence-electron chi connectivity index (χ2n) is 6.78. The van der Waals surface area contributed by atoms with Crippen LogP contribution in [0.1, 0.15) is 10.4 Å². The summed E-state index contributed by atoms with van der Waals surface area (Å²) in [4.78, 5) is 24.9. The number of nitrogens with zero attached hydrogens (tertiary/aromatic N) is 3. The van der Waals surface area contributed by atoms with Crippen LogP contribution >= 0.6 is 23.4 Å². The first-order valence-corrected chi connectivity index (χ1v) is 11.0. The van der Waals surface area contributed by atoms with E-state index in [1.165, 1.54) is 25.3 Å². The fourth-order valence-electron chi connectivity index (χ4n) is 2.94. The van der Waals surface area contributed by atoms with Crippen molar-refractivity contribution in [2.24, 2.45) is 0 Å². The molecular weight excluding hydrogens is 469 g/mol. The second-order valence-corrected chi connectivity index (χ2v) is 8.13. The lowest BCUT2D eigenvalue weighted by atomic mass is 10.2. The van der Waals surface area contributed by atoms with Crippen LogP contribution in [0.2, 0.25) is 5.02 Å². The zero-order valence-corrected chi connectivity index (χ0v) is 18.8. The third-order valence-electron chi connectivity index (χ3n) is 4.48. The van der Waals surface area contributed by atoms with E-state index >= 15 is 0 Å². The summed E-state index contributed by atoms with van der Waals surface area (Å²) in [5.41, 5.74) is 1.72. The van der Waals surface area contributed by atoms with Crippen molar-refractivity contribution in [3.63, 3.8) is 0 Å². The number of methoxy groups -OCH3 is 1. The minimum absolute atomic E-state index is 0.0597. The number of halogens is 2. The molecule has 0 fully saturated rings. The Hall–Kier alpha value is -3.63. The summed E-state index contributed by atoms with van der Waals surface area (Å²) in [6.45, 7) is 0. The van der Waals surface area contributed by atoms with Crippen molar-refractivity contribution in [2.75, 3.05) is 23.5 Å². The van der Waals surface area contributed by atoms with Crippen LogP contribution in [0.15, 0.2) is 66.0 Å². The molecule has 4 aromatic rings. The number of nitrogens with one attached hydrogen (secondary N) is 2. The molecule has 8 nitrogen and oxygen atoms in total. The van der Waals surface area contributed by atoms with Crippen molar-refractivity contribution >= 4 is 52.2 Å². The smallest absolute Gasteiger partial charge is 0.257 e. The van der Waals surface area contributed by atoms with Crippen molar-refractivity contribution in [3.05, 3.63) is 77.2 Å². The van der Waals surface area contributed by atoms with E-state index in [1.54, 1.807) is 47.0 Å². The van der Waals surface area contributed by atoms with Crippen LogP contribution < -0.4 is 15.4 Å². The van der Waals surface area contributed by atoms with E-state index in [4.69, 9.17) is 16.3 Å². The number of hydrogen-bond acceptors (Lipinski definition) is 6. The summed E-state index contributed by atoms with van der Waals surface area (Å²) in [5.74, 6) is -0.559. The number of amides is 2. The third kappa shape index (κ3) is 5.41. The molecule has 2 aromatic carbocycles. The van der Waals surface area contributed by atoms with Gasteiger partial charge >= 0.3 is 0 Å². The molecule has 0 spiro atoms. The van der Waals surface area contributed by atoms with Gasteiger partial charge in [0.1, 0.15) is 11.6 Å². The van der Waals surface area contributed by atoms with Crippen LogP contribution in [0.25, 0.3) is 5.65 Å². The van der Waals surface area contributed by atoms with Gasteiger partial charge in [-0.25, -0.2) is 4.39 Å². The minimum Gasteiger partial charge on any atom is -0.495 e. The Labute approximate surface area is 197 Å². The first kappa shape index (κ1) is 22.6. The summed E-state index contributed by atoms with van der Waals surface area (Å²) < 4.78 is 20.1. The lowest BCUT2D eigenvalue weighted by Crippen LogP contribution is -2.14. The zero-order valence-electron chi connectivity index (χ0n) is 17.2. The molecule has 2 aromatic heterocycles. The molecular formula is C22H17ClFN5O3S. The number of carbonyl (C=O) groups is 2. The van der Waals surface area contributed by atoms with Crippen molar-refractivity contribution < 1.29 is 18.7 Å². The molecule has 2 N–H and O–H groups in total. The van der Waals surface area contributed by atoms with E-state index < -0.39 is 11.7 Å². The number of aromatic nitrogens is 3. The predicted molar refractivity (Wildman–Crippen MR) is 125 cm³/mol. The van der Waals surface area contributed by atoms with Gasteiger partial charge in [0.15, 0.2) is 10.8 Å². The number of pyridine rings is 1. The second kappa shape index (κ2) is 9.88. The molecule has 33 heavy (non-hydrogen) atoms. The Balaban J connectivity index is 1.43. The highest BCUT2D eigenvalue weighted by molar-refractivity contribution is 7.99. The van der Waals surface area contributed by atoms with Gasteiger partial charge in [-0.1, -0.05) is 29.4 Å². The zero-order chi connectivity index (χ0) is 23.4. The van der Waals surface area contributed by atoms with E-state index in [-0.39, 0.29) is 11.7 Å². The molecule has 2 amide bonds. The maximum Gasteiger partial charge on any atom is 0.257 e. The first-order chi connectivity index (χ1) is 15.9. The average Bonchev–Trinajstić information content (AvgIpc) is 3.20. The highest BCUT2D eigenvalue weighted by Gasteiger charge is 2.13. The Morgan fingerprint density at radius 3 is 2.67 bits per heavy atom. The van der Waals surface area contributed by atoms with Gasteiger partial charge in [0, 0.05) is 17.6 Å². The first-order valence-electron chi connectivity index (χ1n) is 9.61. The number of thioether (sulfide) groups is 1. The van der Waals surface area contributed by atoms with E-state index in [0.29, 0.717) is 38.5 Å². The SMILES string of the molecule is COc1ccc(NC(=O)CSc2nnc3ccc(C(=O)Nc4cccc(F)c4)cn23)cc1Cl. The summed E-state index contributed by atoms with van der Waals surface area (Å²) in [5, 5.41) is 14.4. The Morgan fingerprint density at radius 1 is 1.09 bits per heavy atom. The molecule has 0 aliphatic rings. The molecule has 0 radical (unpaired) electrons. The molecule has 0 aliphatic heterocycles. The Bertz CT molecular complexity index is 1350. The molecule has 0 unspecified atom stereocenters. The molecule has 0 atom stereocenters. The van der Waals surface area contributed by atoms with E-state index in [1.807, 2.05) is 0 Å². The highest BCUT2D eigenvalue weighted by atomic mass is 35.5. The number of rotatable bonds is 7. The van der Waals surface area contributed by atoms with Crippen LogP contribution in [0, 0.1) is 5.82 Å². The van der Waals surface area contributed by atoms with Gasteiger partial charge < -0.3 is 15.4 Å². The fraction of sp³-hybridized carbons (Fsp3) is 0.0909. The van der Waals surface area contributed by atoms with E-state index in [0.717, 1.165) is 11.8 Å². The molecule has 0 saturated heterocycles. The number of benzene rings is 2.